The fourth-order valence-corrected chi connectivity index (χ4v) is 3.50. The number of rotatable bonds is 4. The van der Waals surface area contributed by atoms with E-state index in [-0.39, 0.29) is 11.8 Å². The van der Waals surface area contributed by atoms with Crippen molar-refractivity contribution in [1.82, 2.24) is 15.2 Å². The first kappa shape index (κ1) is 18.1. The van der Waals surface area contributed by atoms with E-state index in [4.69, 9.17) is 0 Å². The van der Waals surface area contributed by atoms with Crippen molar-refractivity contribution in [2.45, 2.75) is 19.8 Å². The van der Waals surface area contributed by atoms with Gasteiger partial charge in [-0.05, 0) is 44.0 Å². The van der Waals surface area contributed by atoms with E-state index >= 15 is 0 Å². The van der Waals surface area contributed by atoms with Crippen molar-refractivity contribution < 1.29 is 4.79 Å². The van der Waals surface area contributed by atoms with Crippen LogP contribution < -0.4 is 10.2 Å². The summed E-state index contributed by atoms with van der Waals surface area (Å²) in [6.07, 6.45) is 1.81. The van der Waals surface area contributed by atoms with Crippen molar-refractivity contribution in [3.63, 3.8) is 0 Å². The summed E-state index contributed by atoms with van der Waals surface area (Å²) in [5, 5.41) is 11.7. The Morgan fingerprint density at radius 2 is 1.89 bits per heavy atom. The van der Waals surface area contributed by atoms with Crippen LogP contribution in [0, 0.1) is 12.8 Å². The van der Waals surface area contributed by atoms with Gasteiger partial charge >= 0.3 is 0 Å². The third kappa shape index (κ3) is 4.17. The van der Waals surface area contributed by atoms with Gasteiger partial charge in [-0.2, -0.15) is 0 Å². The van der Waals surface area contributed by atoms with Crippen molar-refractivity contribution in [3.05, 3.63) is 66.4 Å². The number of hydrogen-bond acceptors (Lipinski definition) is 5. The highest BCUT2D eigenvalue weighted by molar-refractivity contribution is 5.92. The van der Waals surface area contributed by atoms with Gasteiger partial charge in [-0.25, -0.2) is 4.98 Å². The van der Waals surface area contributed by atoms with Gasteiger partial charge in [-0.1, -0.05) is 36.4 Å². The Morgan fingerprint density at radius 1 is 1.04 bits per heavy atom. The van der Waals surface area contributed by atoms with Crippen molar-refractivity contribution in [3.8, 4) is 11.3 Å². The average Bonchev–Trinajstić information content (AvgIpc) is 2.75. The number of aryl methyl sites for hydroxylation is 1. The van der Waals surface area contributed by atoms with E-state index in [0.29, 0.717) is 12.4 Å². The number of benzene rings is 1. The number of anilines is 2. The van der Waals surface area contributed by atoms with Crippen LogP contribution in [-0.2, 0) is 4.79 Å². The van der Waals surface area contributed by atoms with E-state index < -0.39 is 0 Å². The van der Waals surface area contributed by atoms with Crippen LogP contribution in [-0.4, -0.2) is 34.2 Å². The zero-order valence-electron chi connectivity index (χ0n) is 15.9. The third-order valence-corrected chi connectivity index (χ3v) is 4.98. The summed E-state index contributed by atoms with van der Waals surface area (Å²) in [6.45, 7) is 3.43. The molecule has 0 spiro atoms. The van der Waals surface area contributed by atoms with E-state index in [1.807, 2.05) is 67.6 Å². The second-order valence-corrected chi connectivity index (χ2v) is 7.08. The maximum Gasteiger partial charge on any atom is 0.230 e. The first-order chi connectivity index (χ1) is 13.7. The van der Waals surface area contributed by atoms with E-state index in [0.717, 1.165) is 42.2 Å². The molecule has 0 saturated carbocycles. The Hall–Kier alpha value is -3.28. The Labute approximate surface area is 164 Å². The summed E-state index contributed by atoms with van der Waals surface area (Å²) in [5.41, 5.74) is 2.78. The summed E-state index contributed by atoms with van der Waals surface area (Å²) in [5.74, 6) is 1.34. The van der Waals surface area contributed by atoms with E-state index in [1.54, 1.807) is 0 Å². The highest BCUT2D eigenvalue weighted by atomic mass is 16.2. The van der Waals surface area contributed by atoms with Gasteiger partial charge in [0.05, 0.1) is 11.6 Å². The number of carbonyl (C=O) groups is 1. The Morgan fingerprint density at radius 3 is 2.64 bits per heavy atom. The van der Waals surface area contributed by atoms with E-state index in [2.05, 4.69) is 25.4 Å². The minimum atomic E-state index is -0.0911. The molecule has 28 heavy (non-hydrogen) atoms. The molecule has 0 bridgehead atoms. The molecule has 1 amide bonds. The first-order valence-corrected chi connectivity index (χ1v) is 9.58. The zero-order valence-corrected chi connectivity index (χ0v) is 15.9. The molecule has 142 valence electrons. The van der Waals surface area contributed by atoms with Crippen LogP contribution in [0.25, 0.3) is 11.3 Å². The number of pyridine rings is 1. The van der Waals surface area contributed by atoms with Gasteiger partial charge in [0, 0.05) is 24.3 Å². The maximum absolute atomic E-state index is 12.7. The van der Waals surface area contributed by atoms with Gasteiger partial charge in [0.2, 0.25) is 5.91 Å². The third-order valence-electron chi connectivity index (χ3n) is 4.98. The van der Waals surface area contributed by atoms with Crippen LogP contribution in [0.4, 0.5) is 11.6 Å². The van der Waals surface area contributed by atoms with Crippen LogP contribution in [0.15, 0.2) is 60.7 Å². The van der Waals surface area contributed by atoms with E-state index in [1.165, 1.54) is 0 Å². The number of carbonyl (C=O) groups excluding carboxylic acids is 1. The SMILES string of the molecule is Cc1cccc(NC(=O)C2CCCN(c3ccc(-c4ccccc4)nn3)C2)n1. The van der Waals surface area contributed by atoms with Crippen LogP contribution in [0.3, 0.4) is 0 Å². The van der Waals surface area contributed by atoms with Gasteiger partial charge in [-0.15, -0.1) is 10.2 Å². The van der Waals surface area contributed by atoms with Crippen LogP contribution in [0.1, 0.15) is 18.5 Å². The highest BCUT2D eigenvalue weighted by Crippen LogP contribution is 2.24. The molecule has 6 nitrogen and oxygen atoms in total. The molecule has 1 aromatic carbocycles. The number of hydrogen-bond donors (Lipinski definition) is 1. The molecule has 1 saturated heterocycles. The van der Waals surface area contributed by atoms with Gasteiger partial charge in [0.15, 0.2) is 5.82 Å². The van der Waals surface area contributed by atoms with Crippen molar-refractivity contribution >= 4 is 17.5 Å². The molecule has 6 heteroatoms. The lowest BCUT2D eigenvalue weighted by Crippen LogP contribution is -2.41. The molecule has 1 atom stereocenters. The monoisotopic (exact) mass is 373 g/mol. The Bertz CT molecular complexity index is 943. The summed E-state index contributed by atoms with van der Waals surface area (Å²) >= 11 is 0. The minimum Gasteiger partial charge on any atom is -0.354 e. The lowest BCUT2D eigenvalue weighted by molar-refractivity contribution is -0.120. The molecule has 3 heterocycles. The number of aromatic nitrogens is 3. The smallest absolute Gasteiger partial charge is 0.230 e. The average molecular weight is 373 g/mol. The lowest BCUT2D eigenvalue weighted by Gasteiger charge is -2.32. The molecule has 2 aromatic heterocycles. The van der Waals surface area contributed by atoms with Crippen molar-refractivity contribution in [1.29, 1.82) is 0 Å². The largest absolute Gasteiger partial charge is 0.354 e. The van der Waals surface area contributed by atoms with Gasteiger partial charge < -0.3 is 10.2 Å². The summed E-state index contributed by atoms with van der Waals surface area (Å²) in [6, 6.07) is 19.6. The predicted octanol–water partition coefficient (Wildman–Crippen LogP) is 3.70. The number of nitrogens with one attached hydrogen (secondary N) is 1. The van der Waals surface area contributed by atoms with Gasteiger partial charge in [-0.3, -0.25) is 4.79 Å². The highest BCUT2D eigenvalue weighted by Gasteiger charge is 2.27. The van der Waals surface area contributed by atoms with Crippen LogP contribution in [0.2, 0.25) is 0 Å². The molecule has 1 N–H and O–H groups in total. The first-order valence-electron chi connectivity index (χ1n) is 9.58. The Balaban J connectivity index is 1.42. The van der Waals surface area contributed by atoms with Crippen molar-refractivity contribution in [2.24, 2.45) is 5.92 Å². The lowest BCUT2D eigenvalue weighted by atomic mass is 9.97. The molecule has 1 aliphatic rings. The molecule has 1 unspecified atom stereocenters. The normalized spacial score (nSPS) is 16.6. The minimum absolute atomic E-state index is 0.0108. The number of amides is 1. The van der Waals surface area contributed by atoms with E-state index in [9.17, 15) is 4.79 Å². The standard InChI is InChI=1S/C22H23N5O/c1-16-7-5-11-20(23-16)24-22(28)18-10-6-14-27(15-18)21-13-12-19(25-26-21)17-8-3-2-4-9-17/h2-5,7-9,11-13,18H,6,10,14-15H2,1H3,(H,23,24,28). The second kappa shape index (κ2) is 8.17. The molecule has 4 rings (SSSR count). The summed E-state index contributed by atoms with van der Waals surface area (Å²) in [4.78, 5) is 19.2. The molecule has 3 aromatic rings. The summed E-state index contributed by atoms with van der Waals surface area (Å²) in [7, 11) is 0. The van der Waals surface area contributed by atoms with Gasteiger partial charge in [0.25, 0.3) is 0 Å². The van der Waals surface area contributed by atoms with Crippen LogP contribution >= 0.6 is 0 Å². The fourth-order valence-electron chi connectivity index (χ4n) is 3.50. The quantitative estimate of drug-likeness (QED) is 0.755. The predicted molar refractivity (Wildman–Crippen MR) is 110 cm³/mol. The van der Waals surface area contributed by atoms with Crippen molar-refractivity contribution in [2.75, 3.05) is 23.3 Å². The second-order valence-electron chi connectivity index (χ2n) is 7.08. The number of nitrogens with zero attached hydrogens (tertiary/aromatic N) is 4. The maximum atomic E-state index is 12.7. The molecule has 1 aliphatic heterocycles. The molecular weight excluding hydrogens is 350 g/mol. The molecular formula is C22H23N5O. The number of piperidine rings is 1. The zero-order chi connectivity index (χ0) is 19.3. The Kier molecular flexibility index (Phi) is 5.28. The molecule has 0 radical (unpaired) electrons. The molecule has 1 fully saturated rings. The fraction of sp³-hybridized carbons (Fsp3) is 0.273. The van der Waals surface area contributed by atoms with Gasteiger partial charge in [0.1, 0.15) is 5.82 Å². The van der Waals surface area contributed by atoms with Crippen LogP contribution in [0.5, 0.6) is 0 Å². The topological polar surface area (TPSA) is 71.0 Å². The molecule has 0 aliphatic carbocycles. The summed E-state index contributed by atoms with van der Waals surface area (Å²) < 4.78 is 0.